The summed E-state index contributed by atoms with van der Waals surface area (Å²) in [7, 11) is 0. The fraction of sp³-hybridized carbons (Fsp3) is 0.400. The van der Waals surface area contributed by atoms with Crippen LogP contribution in [0.15, 0.2) is 34.0 Å². The number of aryl methyl sites for hydroxylation is 1. The molecule has 28 heavy (non-hydrogen) atoms. The fourth-order valence-corrected chi connectivity index (χ4v) is 4.65. The molecule has 2 aromatic rings. The second kappa shape index (κ2) is 8.76. The quantitative estimate of drug-likeness (QED) is 0.522. The lowest BCUT2D eigenvalue weighted by molar-refractivity contribution is -0.125. The van der Waals surface area contributed by atoms with Crippen LogP contribution < -0.4 is 5.32 Å². The Morgan fingerprint density at radius 1 is 1.43 bits per heavy atom. The largest absolute Gasteiger partial charge is 0.452 e. The topological polar surface area (TPSA) is 92.1 Å². The third-order valence-corrected chi connectivity index (χ3v) is 6.73. The summed E-state index contributed by atoms with van der Waals surface area (Å²) in [6, 6.07) is 9.33. The number of benzene rings is 1. The zero-order chi connectivity index (χ0) is 20.1. The van der Waals surface area contributed by atoms with E-state index in [4.69, 9.17) is 4.74 Å². The maximum absolute atomic E-state index is 12.5. The number of aromatic nitrogens is 1. The number of hydrogen-bond acceptors (Lipinski definition) is 7. The zero-order valence-corrected chi connectivity index (χ0v) is 17.4. The van der Waals surface area contributed by atoms with Gasteiger partial charge in [-0.1, -0.05) is 30.0 Å². The molecule has 0 radical (unpaired) electrons. The van der Waals surface area contributed by atoms with Crippen molar-refractivity contribution in [2.45, 2.75) is 42.3 Å². The normalized spacial score (nSPS) is 15.3. The molecule has 1 amide bonds. The van der Waals surface area contributed by atoms with Crippen LogP contribution in [0.25, 0.3) is 0 Å². The predicted octanol–water partition coefficient (Wildman–Crippen LogP) is 3.71. The molecular formula is C20H21N3O3S2. The number of thiazole rings is 1. The van der Waals surface area contributed by atoms with E-state index in [1.807, 2.05) is 24.4 Å². The summed E-state index contributed by atoms with van der Waals surface area (Å²) in [5.74, 6) is -0.260. The lowest BCUT2D eigenvalue weighted by Gasteiger charge is -2.22. The Hall–Kier alpha value is -2.37. The smallest absolute Gasteiger partial charge is 0.338 e. The summed E-state index contributed by atoms with van der Waals surface area (Å²) < 4.78 is 6.14. The summed E-state index contributed by atoms with van der Waals surface area (Å²) in [5.41, 5.74) is 1.33. The molecule has 146 valence electrons. The van der Waals surface area contributed by atoms with Crippen LogP contribution in [-0.4, -0.2) is 29.0 Å². The summed E-state index contributed by atoms with van der Waals surface area (Å²) in [4.78, 5) is 29.0. The molecule has 1 heterocycles. The highest BCUT2D eigenvalue weighted by Crippen LogP contribution is 2.39. The second-order valence-corrected chi connectivity index (χ2v) is 8.99. The Morgan fingerprint density at radius 2 is 2.18 bits per heavy atom. The van der Waals surface area contributed by atoms with Crippen molar-refractivity contribution in [1.82, 2.24) is 10.3 Å². The van der Waals surface area contributed by atoms with Gasteiger partial charge in [-0.25, -0.2) is 9.78 Å². The number of esters is 1. The zero-order valence-electron chi connectivity index (χ0n) is 15.7. The highest BCUT2D eigenvalue weighted by Gasteiger charge is 2.43. The molecule has 1 aromatic carbocycles. The minimum Gasteiger partial charge on any atom is -0.452 e. The van der Waals surface area contributed by atoms with Crippen molar-refractivity contribution in [2.75, 3.05) is 6.61 Å². The van der Waals surface area contributed by atoms with E-state index < -0.39 is 24.0 Å². The van der Waals surface area contributed by atoms with Crippen LogP contribution in [0.1, 0.15) is 41.4 Å². The maximum Gasteiger partial charge on any atom is 0.338 e. The lowest BCUT2D eigenvalue weighted by atomic mass is 9.98. The number of hydrogen-bond donors (Lipinski definition) is 1. The molecule has 1 aromatic heterocycles. The van der Waals surface area contributed by atoms with Gasteiger partial charge in [0.15, 0.2) is 6.61 Å². The Balaban J connectivity index is 1.56. The van der Waals surface area contributed by atoms with Gasteiger partial charge in [0.1, 0.15) is 9.88 Å². The van der Waals surface area contributed by atoms with Crippen LogP contribution in [0.3, 0.4) is 0 Å². The van der Waals surface area contributed by atoms with Gasteiger partial charge in [-0.05, 0) is 44.2 Å². The van der Waals surface area contributed by atoms with Gasteiger partial charge in [-0.2, -0.15) is 5.26 Å². The number of ether oxygens (including phenoxy) is 1. The number of nitrogens with one attached hydrogen (secondary N) is 1. The minimum atomic E-state index is -0.899. The molecule has 0 aliphatic heterocycles. The van der Waals surface area contributed by atoms with Crippen LogP contribution in [0.2, 0.25) is 0 Å². The molecule has 1 fully saturated rings. The first kappa shape index (κ1) is 20.4. The van der Waals surface area contributed by atoms with Crippen LogP contribution in [0.4, 0.5) is 0 Å². The lowest BCUT2D eigenvalue weighted by Crippen LogP contribution is -2.48. The van der Waals surface area contributed by atoms with E-state index in [1.165, 1.54) is 0 Å². The van der Waals surface area contributed by atoms with E-state index in [0.717, 1.165) is 28.4 Å². The molecule has 8 heteroatoms. The van der Waals surface area contributed by atoms with Gasteiger partial charge in [-0.3, -0.25) is 4.79 Å². The summed E-state index contributed by atoms with van der Waals surface area (Å²) >= 11 is 3.12. The first-order chi connectivity index (χ1) is 13.4. The van der Waals surface area contributed by atoms with Crippen molar-refractivity contribution in [2.24, 2.45) is 5.92 Å². The number of amides is 1. The molecule has 0 unspecified atom stereocenters. The number of carbonyl (C=O) groups is 2. The van der Waals surface area contributed by atoms with Crippen LogP contribution in [0, 0.1) is 24.2 Å². The standard InChI is InChI=1S/C20H21N3O3S2/c1-13-10-27-19(22-13)28-11-14-5-3-4-6-16(14)18(25)26-9-17(24)23-20(2,12-21)15-7-8-15/h3-6,10,15H,7-9,11H2,1-2H3,(H,23,24)/t20-/m1/s1. The summed E-state index contributed by atoms with van der Waals surface area (Å²) in [6.07, 6.45) is 1.85. The number of carbonyl (C=O) groups excluding carboxylic acids is 2. The Bertz CT molecular complexity index is 917. The molecule has 0 spiro atoms. The first-order valence-electron chi connectivity index (χ1n) is 8.93. The van der Waals surface area contributed by atoms with Crippen molar-refractivity contribution in [3.63, 3.8) is 0 Å². The fourth-order valence-electron chi connectivity index (χ4n) is 2.80. The van der Waals surface area contributed by atoms with Crippen molar-refractivity contribution in [1.29, 1.82) is 5.26 Å². The number of nitriles is 1. The van der Waals surface area contributed by atoms with Gasteiger partial charge in [-0.15, -0.1) is 11.3 Å². The Kier molecular flexibility index (Phi) is 6.37. The van der Waals surface area contributed by atoms with Crippen molar-refractivity contribution >= 4 is 35.0 Å². The average Bonchev–Trinajstić information content (AvgIpc) is 3.47. The van der Waals surface area contributed by atoms with Gasteiger partial charge < -0.3 is 10.1 Å². The molecular weight excluding hydrogens is 394 g/mol. The third kappa shape index (κ3) is 5.12. The van der Waals surface area contributed by atoms with E-state index in [9.17, 15) is 14.9 Å². The SMILES string of the molecule is Cc1csc(SCc2ccccc2C(=O)OCC(=O)N[C@](C)(C#N)C2CC2)n1. The van der Waals surface area contributed by atoms with Gasteiger partial charge >= 0.3 is 5.97 Å². The highest BCUT2D eigenvalue weighted by atomic mass is 32.2. The molecule has 0 bridgehead atoms. The number of nitrogens with zero attached hydrogens (tertiary/aromatic N) is 2. The van der Waals surface area contributed by atoms with Gasteiger partial charge in [0, 0.05) is 16.8 Å². The molecule has 3 rings (SSSR count). The monoisotopic (exact) mass is 415 g/mol. The van der Waals surface area contributed by atoms with E-state index >= 15 is 0 Å². The van der Waals surface area contributed by atoms with Crippen LogP contribution in [0.5, 0.6) is 0 Å². The summed E-state index contributed by atoms with van der Waals surface area (Å²) in [5, 5.41) is 14.0. The van der Waals surface area contributed by atoms with Gasteiger partial charge in [0.25, 0.3) is 5.91 Å². The Morgan fingerprint density at radius 3 is 2.82 bits per heavy atom. The first-order valence-corrected chi connectivity index (χ1v) is 10.8. The summed E-state index contributed by atoms with van der Waals surface area (Å²) in [6.45, 7) is 3.24. The number of thioether (sulfide) groups is 1. The van der Waals surface area contributed by atoms with E-state index in [1.54, 1.807) is 42.2 Å². The van der Waals surface area contributed by atoms with E-state index in [2.05, 4.69) is 16.4 Å². The predicted molar refractivity (Wildman–Crippen MR) is 108 cm³/mol. The van der Waals surface area contributed by atoms with Gasteiger partial charge in [0.2, 0.25) is 0 Å². The second-order valence-electron chi connectivity index (χ2n) is 6.91. The van der Waals surface area contributed by atoms with Crippen molar-refractivity contribution in [3.8, 4) is 6.07 Å². The van der Waals surface area contributed by atoms with Crippen molar-refractivity contribution < 1.29 is 14.3 Å². The maximum atomic E-state index is 12.5. The minimum absolute atomic E-state index is 0.171. The Labute approximate surface area is 172 Å². The van der Waals surface area contributed by atoms with E-state index in [-0.39, 0.29) is 5.92 Å². The number of rotatable bonds is 8. The van der Waals surface area contributed by atoms with Gasteiger partial charge in [0.05, 0.1) is 11.6 Å². The molecule has 0 saturated heterocycles. The van der Waals surface area contributed by atoms with E-state index in [0.29, 0.717) is 11.3 Å². The van der Waals surface area contributed by atoms with Crippen LogP contribution in [-0.2, 0) is 15.3 Å². The van der Waals surface area contributed by atoms with Crippen LogP contribution >= 0.6 is 23.1 Å². The molecule has 1 atom stereocenters. The molecule has 1 aliphatic rings. The average molecular weight is 416 g/mol. The van der Waals surface area contributed by atoms with Crippen molar-refractivity contribution in [3.05, 3.63) is 46.5 Å². The molecule has 1 aliphatic carbocycles. The third-order valence-electron chi connectivity index (χ3n) is 4.55. The molecule has 6 nitrogen and oxygen atoms in total. The molecule has 1 N–H and O–H groups in total. The highest BCUT2D eigenvalue weighted by molar-refractivity contribution is 8.00. The molecule has 1 saturated carbocycles.